The van der Waals surface area contributed by atoms with Gasteiger partial charge < -0.3 is 5.73 Å². The zero-order chi connectivity index (χ0) is 9.68. The topological polar surface area (TPSA) is 42.2 Å². The Balaban J connectivity index is 2.43. The molecule has 1 heterocycles. The lowest BCUT2D eigenvalue weighted by molar-refractivity contribution is 0.259. The summed E-state index contributed by atoms with van der Waals surface area (Å²) in [4.78, 5) is 6.57. The van der Waals surface area contributed by atoms with Gasteiger partial charge in [-0.25, -0.2) is 4.98 Å². The van der Waals surface area contributed by atoms with Gasteiger partial charge in [0, 0.05) is 11.6 Å². The third-order valence-corrected chi connectivity index (χ3v) is 3.13. The van der Waals surface area contributed by atoms with Crippen molar-refractivity contribution >= 4 is 11.3 Å². The van der Waals surface area contributed by atoms with Crippen molar-refractivity contribution in [2.24, 2.45) is 5.73 Å². The van der Waals surface area contributed by atoms with Crippen molar-refractivity contribution in [2.45, 2.75) is 19.4 Å². The van der Waals surface area contributed by atoms with Gasteiger partial charge in [0.2, 0.25) is 0 Å². The van der Waals surface area contributed by atoms with E-state index < -0.39 is 0 Å². The first-order valence-corrected chi connectivity index (χ1v) is 5.43. The predicted molar refractivity (Wildman–Crippen MR) is 56.8 cm³/mol. The fourth-order valence-corrected chi connectivity index (χ4v) is 1.92. The first-order chi connectivity index (χ1) is 6.25. The molecule has 0 saturated heterocycles. The molecule has 0 fully saturated rings. The maximum atomic E-state index is 5.46. The van der Waals surface area contributed by atoms with Crippen LogP contribution in [0.1, 0.15) is 24.4 Å². The predicted octanol–water partition coefficient (Wildman–Crippen LogP) is 1.48. The Morgan fingerprint density at radius 1 is 1.69 bits per heavy atom. The summed E-state index contributed by atoms with van der Waals surface area (Å²) in [5, 5.41) is 3.20. The summed E-state index contributed by atoms with van der Waals surface area (Å²) in [6.45, 7) is 3.97. The lowest BCUT2D eigenvalue weighted by atomic mass is 10.3. The molecule has 1 aromatic heterocycles. The van der Waals surface area contributed by atoms with E-state index in [0.29, 0.717) is 6.04 Å². The lowest BCUT2D eigenvalue weighted by Crippen LogP contribution is -2.25. The third-order valence-electron chi connectivity index (χ3n) is 2.18. The molecule has 0 aromatic carbocycles. The highest BCUT2D eigenvalue weighted by atomic mass is 32.1. The van der Waals surface area contributed by atoms with Crippen molar-refractivity contribution in [1.82, 2.24) is 9.88 Å². The van der Waals surface area contributed by atoms with Gasteiger partial charge in [-0.3, -0.25) is 4.90 Å². The van der Waals surface area contributed by atoms with Gasteiger partial charge in [0.15, 0.2) is 0 Å². The molecular weight excluding hydrogens is 182 g/mol. The molecule has 0 aliphatic carbocycles. The summed E-state index contributed by atoms with van der Waals surface area (Å²) in [6, 6.07) is 0.409. The van der Waals surface area contributed by atoms with Gasteiger partial charge in [-0.1, -0.05) is 0 Å². The van der Waals surface area contributed by atoms with E-state index >= 15 is 0 Å². The minimum atomic E-state index is 0.409. The lowest BCUT2D eigenvalue weighted by Gasteiger charge is -2.22. The molecule has 0 radical (unpaired) electrons. The summed E-state index contributed by atoms with van der Waals surface area (Å²) in [5.74, 6) is 0. The summed E-state index contributed by atoms with van der Waals surface area (Å²) < 4.78 is 0. The highest BCUT2D eigenvalue weighted by Gasteiger charge is 2.12. The molecular formula is C9H17N3S. The molecule has 1 aromatic rings. The standard InChI is InChI=1S/C9H17N3S/c1-8(9-11-5-7-13-9)12(2)6-3-4-10/h5,7-8H,3-4,6,10H2,1-2H3. The Hall–Kier alpha value is -0.450. The van der Waals surface area contributed by atoms with Crippen LogP contribution in [0.3, 0.4) is 0 Å². The van der Waals surface area contributed by atoms with Crippen molar-refractivity contribution in [3.05, 3.63) is 16.6 Å². The van der Waals surface area contributed by atoms with E-state index in [0.717, 1.165) is 19.5 Å². The summed E-state index contributed by atoms with van der Waals surface area (Å²) in [5.41, 5.74) is 5.46. The number of aromatic nitrogens is 1. The summed E-state index contributed by atoms with van der Waals surface area (Å²) in [6.07, 6.45) is 2.90. The van der Waals surface area contributed by atoms with Crippen LogP contribution in [0.15, 0.2) is 11.6 Å². The van der Waals surface area contributed by atoms with Crippen LogP contribution in [-0.4, -0.2) is 30.0 Å². The smallest absolute Gasteiger partial charge is 0.109 e. The van der Waals surface area contributed by atoms with E-state index in [1.54, 1.807) is 11.3 Å². The van der Waals surface area contributed by atoms with Crippen molar-refractivity contribution in [3.63, 3.8) is 0 Å². The summed E-state index contributed by atoms with van der Waals surface area (Å²) in [7, 11) is 2.11. The highest BCUT2D eigenvalue weighted by molar-refractivity contribution is 7.09. The van der Waals surface area contributed by atoms with Crippen LogP contribution < -0.4 is 5.73 Å². The molecule has 0 amide bonds. The zero-order valence-electron chi connectivity index (χ0n) is 8.23. The number of nitrogens with zero attached hydrogens (tertiary/aromatic N) is 2. The van der Waals surface area contributed by atoms with Crippen molar-refractivity contribution in [1.29, 1.82) is 0 Å². The van der Waals surface area contributed by atoms with Crippen molar-refractivity contribution < 1.29 is 0 Å². The second kappa shape index (κ2) is 5.32. The maximum Gasteiger partial charge on any atom is 0.109 e. The van der Waals surface area contributed by atoms with Gasteiger partial charge >= 0.3 is 0 Å². The summed E-state index contributed by atoms with van der Waals surface area (Å²) >= 11 is 1.71. The second-order valence-electron chi connectivity index (χ2n) is 3.17. The van der Waals surface area contributed by atoms with Crippen LogP contribution in [0.25, 0.3) is 0 Å². The molecule has 74 valence electrons. The van der Waals surface area contributed by atoms with E-state index in [1.165, 1.54) is 5.01 Å². The molecule has 1 atom stereocenters. The normalized spacial score (nSPS) is 13.5. The fourth-order valence-electron chi connectivity index (χ4n) is 1.16. The molecule has 2 N–H and O–H groups in total. The molecule has 3 nitrogen and oxygen atoms in total. The zero-order valence-corrected chi connectivity index (χ0v) is 9.05. The van der Waals surface area contributed by atoms with Gasteiger partial charge in [0.1, 0.15) is 5.01 Å². The van der Waals surface area contributed by atoms with Crippen LogP contribution in [0, 0.1) is 0 Å². The number of thiazole rings is 1. The number of rotatable bonds is 5. The largest absolute Gasteiger partial charge is 0.330 e. The van der Waals surface area contributed by atoms with Gasteiger partial charge in [-0.05, 0) is 33.5 Å². The molecule has 0 spiro atoms. The number of nitrogens with two attached hydrogens (primary N) is 1. The third kappa shape index (κ3) is 3.06. The van der Waals surface area contributed by atoms with Crippen LogP contribution in [0.4, 0.5) is 0 Å². The monoisotopic (exact) mass is 199 g/mol. The van der Waals surface area contributed by atoms with Gasteiger partial charge in [-0.2, -0.15) is 0 Å². The minimum Gasteiger partial charge on any atom is -0.330 e. The van der Waals surface area contributed by atoms with Crippen LogP contribution in [0.2, 0.25) is 0 Å². The molecule has 13 heavy (non-hydrogen) atoms. The van der Waals surface area contributed by atoms with Crippen molar-refractivity contribution in [3.8, 4) is 0 Å². The molecule has 1 rings (SSSR count). The molecule has 0 aliphatic heterocycles. The Morgan fingerprint density at radius 2 is 2.46 bits per heavy atom. The van der Waals surface area contributed by atoms with E-state index in [2.05, 4.69) is 23.9 Å². The van der Waals surface area contributed by atoms with Gasteiger partial charge in [0.25, 0.3) is 0 Å². The molecule has 0 saturated carbocycles. The Bertz CT molecular complexity index is 223. The van der Waals surface area contributed by atoms with E-state index in [1.807, 2.05) is 11.6 Å². The van der Waals surface area contributed by atoms with Crippen molar-refractivity contribution in [2.75, 3.05) is 20.1 Å². The molecule has 0 aliphatic rings. The maximum absolute atomic E-state index is 5.46. The molecule has 0 bridgehead atoms. The first-order valence-electron chi connectivity index (χ1n) is 4.55. The molecule has 1 unspecified atom stereocenters. The fraction of sp³-hybridized carbons (Fsp3) is 0.667. The van der Waals surface area contributed by atoms with Crippen LogP contribution >= 0.6 is 11.3 Å². The second-order valence-corrected chi connectivity index (χ2v) is 4.10. The Labute approximate surface area is 83.6 Å². The minimum absolute atomic E-state index is 0.409. The van der Waals surface area contributed by atoms with Crippen LogP contribution in [-0.2, 0) is 0 Å². The van der Waals surface area contributed by atoms with E-state index in [-0.39, 0.29) is 0 Å². The molecule has 4 heteroatoms. The number of hydrogen-bond acceptors (Lipinski definition) is 4. The Morgan fingerprint density at radius 3 is 3.00 bits per heavy atom. The first kappa shape index (κ1) is 10.6. The van der Waals surface area contributed by atoms with E-state index in [9.17, 15) is 0 Å². The van der Waals surface area contributed by atoms with Gasteiger partial charge in [0.05, 0.1) is 6.04 Å². The Kier molecular flexibility index (Phi) is 4.35. The average molecular weight is 199 g/mol. The number of hydrogen-bond donors (Lipinski definition) is 1. The average Bonchev–Trinajstić information content (AvgIpc) is 2.65. The SMILES string of the molecule is CC(c1nccs1)N(C)CCCN. The van der Waals surface area contributed by atoms with Crippen LogP contribution in [0.5, 0.6) is 0 Å². The van der Waals surface area contributed by atoms with Gasteiger partial charge in [-0.15, -0.1) is 11.3 Å². The quantitative estimate of drug-likeness (QED) is 0.781. The highest BCUT2D eigenvalue weighted by Crippen LogP contribution is 2.20. The van der Waals surface area contributed by atoms with E-state index in [4.69, 9.17) is 5.73 Å².